The van der Waals surface area contributed by atoms with Gasteiger partial charge in [-0.1, -0.05) is 12.1 Å². The predicted molar refractivity (Wildman–Crippen MR) is 99.9 cm³/mol. The molecule has 1 aromatic carbocycles. The third-order valence-electron chi connectivity index (χ3n) is 4.45. The van der Waals surface area contributed by atoms with Crippen LogP contribution >= 0.6 is 0 Å². The molecule has 1 unspecified atom stereocenters. The molecule has 27 heavy (non-hydrogen) atoms. The highest BCUT2D eigenvalue weighted by atomic mass is 32.2. The van der Waals surface area contributed by atoms with Gasteiger partial charge in [-0.05, 0) is 41.5 Å². The monoisotopic (exact) mass is 386 g/mol. The van der Waals surface area contributed by atoms with Crippen molar-refractivity contribution < 1.29 is 12.8 Å². The van der Waals surface area contributed by atoms with Crippen LogP contribution in [-0.4, -0.2) is 35.8 Å². The maximum Gasteiger partial charge on any atom is 0.240 e. The molecule has 8 nitrogen and oxygen atoms in total. The number of primary sulfonamides is 1. The van der Waals surface area contributed by atoms with Gasteiger partial charge in [-0.2, -0.15) is 4.98 Å². The quantitative estimate of drug-likeness (QED) is 0.696. The summed E-state index contributed by atoms with van der Waals surface area (Å²) in [6, 6.07) is 8.78. The second kappa shape index (κ2) is 5.96. The lowest BCUT2D eigenvalue weighted by atomic mass is 9.92. The Kier molecular flexibility index (Phi) is 3.82. The summed E-state index contributed by atoms with van der Waals surface area (Å²) in [5.74, 6) is -0.434. The highest BCUT2D eigenvalue weighted by Crippen LogP contribution is 2.36. The van der Waals surface area contributed by atoms with E-state index >= 15 is 0 Å². The SMILES string of the molecule is Nc1nc2ccc(C3=CC(c4cccc(F)c4)(S(N)(=O)=O)CN=C3)cn2n1. The van der Waals surface area contributed by atoms with E-state index in [1.807, 2.05) is 0 Å². The summed E-state index contributed by atoms with van der Waals surface area (Å²) in [6.07, 6.45) is 4.69. The number of dihydropyridines is 1. The van der Waals surface area contributed by atoms with Crippen LogP contribution < -0.4 is 10.9 Å². The van der Waals surface area contributed by atoms with E-state index in [1.54, 1.807) is 24.5 Å². The normalized spacial score (nSPS) is 20.0. The van der Waals surface area contributed by atoms with Gasteiger partial charge < -0.3 is 5.73 Å². The first kappa shape index (κ1) is 17.3. The van der Waals surface area contributed by atoms with Crippen LogP contribution in [0.25, 0.3) is 11.2 Å². The summed E-state index contributed by atoms with van der Waals surface area (Å²) in [7, 11) is -4.15. The molecule has 1 aliphatic heterocycles. The Bertz CT molecular complexity index is 1220. The van der Waals surface area contributed by atoms with Crippen LogP contribution in [0.1, 0.15) is 11.1 Å². The van der Waals surface area contributed by atoms with E-state index in [0.717, 1.165) is 6.07 Å². The fraction of sp³-hybridized carbons (Fsp3) is 0.118. The zero-order chi connectivity index (χ0) is 19.2. The lowest BCUT2D eigenvalue weighted by Gasteiger charge is -2.30. The maximum atomic E-state index is 13.8. The van der Waals surface area contributed by atoms with Crippen LogP contribution in [0.3, 0.4) is 0 Å². The van der Waals surface area contributed by atoms with Crippen LogP contribution in [-0.2, 0) is 14.8 Å². The zero-order valence-corrected chi connectivity index (χ0v) is 14.8. The average Bonchev–Trinajstić information content (AvgIpc) is 3.00. The van der Waals surface area contributed by atoms with Crippen molar-refractivity contribution in [3.05, 3.63) is 65.6 Å². The number of anilines is 1. The van der Waals surface area contributed by atoms with Crippen molar-refractivity contribution in [2.24, 2.45) is 10.1 Å². The summed E-state index contributed by atoms with van der Waals surface area (Å²) in [6.45, 7) is -0.142. The van der Waals surface area contributed by atoms with Crippen molar-refractivity contribution >= 4 is 33.4 Å². The fourth-order valence-corrected chi connectivity index (χ4v) is 4.11. The van der Waals surface area contributed by atoms with E-state index < -0.39 is 20.6 Å². The smallest absolute Gasteiger partial charge is 0.240 e. The molecule has 0 saturated heterocycles. The van der Waals surface area contributed by atoms with Gasteiger partial charge in [0.2, 0.25) is 16.0 Å². The van der Waals surface area contributed by atoms with Gasteiger partial charge >= 0.3 is 0 Å². The fourth-order valence-electron chi connectivity index (χ4n) is 3.11. The molecule has 0 amide bonds. The summed E-state index contributed by atoms with van der Waals surface area (Å²) >= 11 is 0. The molecule has 3 aromatic rings. The Balaban J connectivity index is 1.91. The molecule has 4 rings (SSSR count). The molecule has 1 atom stereocenters. The van der Waals surface area contributed by atoms with E-state index in [9.17, 15) is 12.8 Å². The van der Waals surface area contributed by atoms with E-state index in [4.69, 9.17) is 10.9 Å². The molecule has 0 radical (unpaired) electrons. The zero-order valence-electron chi connectivity index (χ0n) is 13.9. The standard InChI is InChI=1S/C17H15FN6O2S/c18-14-3-1-2-13(6-14)17(27(20,25)26)7-12(8-21-10-17)11-4-5-15-22-16(19)23-24(15)9-11/h1-9H,10H2,(H2,19,23)(H2,20,25,26). The third kappa shape index (κ3) is 2.88. The highest BCUT2D eigenvalue weighted by Gasteiger charge is 2.43. The van der Waals surface area contributed by atoms with E-state index in [0.29, 0.717) is 16.8 Å². The number of aromatic nitrogens is 3. The van der Waals surface area contributed by atoms with Gasteiger partial charge in [-0.25, -0.2) is 22.5 Å². The minimum absolute atomic E-state index is 0.122. The molecule has 1 aliphatic rings. The predicted octanol–water partition coefficient (Wildman–Crippen LogP) is 1.10. The van der Waals surface area contributed by atoms with E-state index in [2.05, 4.69) is 15.1 Å². The van der Waals surface area contributed by atoms with Gasteiger partial charge in [0, 0.05) is 18.0 Å². The molecule has 138 valence electrons. The molecule has 4 N–H and O–H groups in total. The van der Waals surface area contributed by atoms with Crippen LogP contribution in [0, 0.1) is 5.82 Å². The Morgan fingerprint density at radius 3 is 2.78 bits per heavy atom. The van der Waals surface area contributed by atoms with Crippen LogP contribution in [0.4, 0.5) is 10.3 Å². The van der Waals surface area contributed by atoms with Crippen molar-refractivity contribution in [2.75, 3.05) is 12.3 Å². The molecular weight excluding hydrogens is 371 g/mol. The van der Waals surface area contributed by atoms with Gasteiger partial charge in [0.05, 0.1) is 6.54 Å². The number of allylic oxidation sites excluding steroid dienone is 1. The third-order valence-corrected chi connectivity index (χ3v) is 5.94. The summed E-state index contributed by atoms with van der Waals surface area (Å²) in [4.78, 5) is 8.24. The number of pyridine rings is 1. The van der Waals surface area contributed by atoms with Gasteiger partial charge in [-0.15, -0.1) is 5.10 Å². The minimum atomic E-state index is -4.15. The average molecular weight is 386 g/mol. The second-order valence-corrected chi connectivity index (χ2v) is 8.02. The van der Waals surface area contributed by atoms with E-state index in [1.165, 1.54) is 28.8 Å². The number of rotatable bonds is 3. The van der Waals surface area contributed by atoms with Gasteiger partial charge in [-0.3, -0.25) is 4.99 Å². The van der Waals surface area contributed by atoms with Crippen LogP contribution in [0.5, 0.6) is 0 Å². The van der Waals surface area contributed by atoms with Crippen LogP contribution in [0.15, 0.2) is 53.7 Å². The molecule has 0 spiro atoms. The van der Waals surface area contributed by atoms with Gasteiger partial charge in [0.25, 0.3) is 0 Å². The summed E-state index contributed by atoms with van der Waals surface area (Å²) < 4.78 is 38.6. The number of halogens is 1. The molecule has 0 bridgehead atoms. The van der Waals surface area contributed by atoms with Crippen molar-refractivity contribution in [3.8, 4) is 0 Å². The Hall–Kier alpha value is -3.11. The van der Waals surface area contributed by atoms with Crippen molar-refractivity contribution in [1.29, 1.82) is 0 Å². The molecule has 10 heteroatoms. The van der Waals surface area contributed by atoms with E-state index in [-0.39, 0.29) is 18.1 Å². The van der Waals surface area contributed by atoms with Crippen molar-refractivity contribution in [2.45, 2.75) is 4.75 Å². The first-order valence-corrected chi connectivity index (χ1v) is 9.46. The number of sulfonamides is 1. The Morgan fingerprint density at radius 2 is 2.04 bits per heavy atom. The molecular formula is C17H15FN6O2S. The lowest BCUT2D eigenvalue weighted by molar-refractivity contribution is 0.559. The Labute approximate surface area is 154 Å². The van der Waals surface area contributed by atoms with Crippen LogP contribution in [0.2, 0.25) is 0 Å². The molecule has 0 saturated carbocycles. The lowest BCUT2D eigenvalue weighted by Crippen LogP contribution is -2.43. The van der Waals surface area contributed by atoms with Crippen molar-refractivity contribution in [1.82, 2.24) is 14.6 Å². The first-order chi connectivity index (χ1) is 12.8. The Morgan fingerprint density at radius 1 is 1.22 bits per heavy atom. The topological polar surface area (TPSA) is 129 Å². The first-order valence-electron chi connectivity index (χ1n) is 7.92. The minimum Gasteiger partial charge on any atom is -0.366 e. The number of hydrogen-bond acceptors (Lipinski definition) is 6. The number of hydrogen-bond donors (Lipinski definition) is 2. The number of nitrogen functional groups attached to an aromatic ring is 1. The van der Waals surface area contributed by atoms with Gasteiger partial charge in [0.15, 0.2) is 5.65 Å². The summed E-state index contributed by atoms with van der Waals surface area (Å²) in [5.41, 5.74) is 7.50. The number of nitrogens with zero attached hydrogens (tertiary/aromatic N) is 4. The molecule has 3 heterocycles. The maximum absolute atomic E-state index is 13.8. The number of nitrogens with two attached hydrogens (primary N) is 2. The second-order valence-electron chi connectivity index (χ2n) is 6.20. The molecule has 0 aliphatic carbocycles. The van der Waals surface area contributed by atoms with Crippen molar-refractivity contribution in [3.63, 3.8) is 0 Å². The summed E-state index contributed by atoms with van der Waals surface area (Å²) in [5, 5.41) is 9.59. The molecule has 2 aromatic heterocycles. The van der Waals surface area contributed by atoms with Gasteiger partial charge in [0.1, 0.15) is 10.6 Å². The number of fused-ring (bicyclic) bond motifs is 1. The molecule has 0 fully saturated rings. The highest BCUT2D eigenvalue weighted by molar-refractivity contribution is 7.90. The number of aliphatic imine (C=N–C) groups is 1. The number of benzene rings is 1. The largest absolute Gasteiger partial charge is 0.366 e.